The molecule has 5 heteroatoms. The number of hydrogen-bond acceptors (Lipinski definition) is 3. The van der Waals surface area contributed by atoms with E-state index in [0.29, 0.717) is 6.42 Å². The fourth-order valence-corrected chi connectivity index (χ4v) is 2.50. The van der Waals surface area contributed by atoms with Crippen LogP contribution in [-0.2, 0) is 4.74 Å². The first-order chi connectivity index (χ1) is 9.10. The lowest BCUT2D eigenvalue weighted by Gasteiger charge is -2.24. The van der Waals surface area contributed by atoms with Crippen LogP contribution in [0.1, 0.15) is 37.9 Å². The van der Waals surface area contributed by atoms with Crippen molar-refractivity contribution in [3.63, 3.8) is 0 Å². The Morgan fingerprint density at radius 2 is 2.16 bits per heavy atom. The van der Waals surface area contributed by atoms with Crippen molar-refractivity contribution in [3.8, 4) is 0 Å². The standard InChI is InChI=1S/C14H20INO3/c1-3-4-9-12(19-14(18)16-2)13(17)10-7-5-6-8-11(10)15/h5-8,12-13,17H,3-4,9H2,1-2H3,(H,16,18)/t12-,13-/m0/s1. The van der Waals surface area contributed by atoms with Gasteiger partial charge >= 0.3 is 6.09 Å². The van der Waals surface area contributed by atoms with E-state index < -0.39 is 18.3 Å². The van der Waals surface area contributed by atoms with Crippen LogP contribution in [0, 0.1) is 3.57 Å². The Morgan fingerprint density at radius 3 is 2.74 bits per heavy atom. The lowest BCUT2D eigenvalue weighted by atomic mass is 10.0. The molecule has 106 valence electrons. The summed E-state index contributed by atoms with van der Waals surface area (Å²) in [6, 6.07) is 7.57. The molecule has 0 fully saturated rings. The van der Waals surface area contributed by atoms with Crippen LogP contribution < -0.4 is 5.32 Å². The van der Waals surface area contributed by atoms with Gasteiger partial charge in [-0.15, -0.1) is 0 Å². The number of aliphatic hydroxyl groups excluding tert-OH is 1. The summed E-state index contributed by atoms with van der Waals surface area (Å²) in [4.78, 5) is 11.4. The monoisotopic (exact) mass is 377 g/mol. The van der Waals surface area contributed by atoms with E-state index in [1.54, 1.807) is 0 Å². The highest BCUT2D eigenvalue weighted by Gasteiger charge is 2.25. The Bertz CT molecular complexity index is 411. The number of benzene rings is 1. The van der Waals surface area contributed by atoms with Gasteiger partial charge in [0.1, 0.15) is 12.2 Å². The minimum atomic E-state index is -0.794. The number of alkyl carbamates (subject to hydrolysis) is 1. The average molecular weight is 377 g/mol. The van der Waals surface area contributed by atoms with E-state index in [0.717, 1.165) is 22.0 Å². The molecule has 0 aromatic heterocycles. The van der Waals surface area contributed by atoms with Crippen LogP contribution in [0.2, 0.25) is 0 Å². The van der Waals surface area contributed by atoms with E-state index >= 15 is 0 Å². The van der Waals surface area contributed by atoms with Gasteiger partial charge in [-0.25, -0.2) is 4.79 Å². The molecule has 0 aliphatic carbocycles. The maximum Gasteiger partial charge on any atom is 0.407 e. The Hall–Kier alpha value is -0.820. The van der Waals surface area contributed by atoms with Gasteiger partial charge in [0.2, 0.25) is 0 Å². The summed E-state index contributed by atoms with van der Waals surface area (Å²) in [5.74, 6) is 0. The van der Waals surface area contributed by atoms with Gasteiger partial charge in [-0.05, 0) is 47.1 Å². The molecule has 0 aliphatic heterocycles. The second-order valence-corrected chi connectivity index (χ2v) is 5.46. The molecule has 1 rings (SSSR count). The third-order valence-electron chi connectivity index (χ3n) is 2.88. The van der Waals surface area contributed by atoms with E-state index in [-0.39, 0.29) is 0 Å². The van der Waals surface area contributed by atoms with Crippen LogP contribution in [0.5, 0.6) is 0 Å². The van der Waals surface area contributed by atoms with Gasteiger partial charge in [-0.3, -0.25) is 0 Å². The summed E-state index contributed by atoms with van der Waals surface area (Å²) in [5, 5.41) is 12.8. The highest BCUT2D eigenvalue weighted by atomic mass is 127. The second kappa shape index (κ2) is 8.37. The van der Waals surface area contributed by atoms with Crippen molar-refractivity contribution in [2.24, 2.45) is 0 Å². The average Bonchev–Trinajstić information content (AvgIpc) is 2.43. The number of rotatable bonds is 6. The highest BCUT2D eigenvalue weighted by molar-refractivity contribution is 14.1. The molecule has 4 nitrogen and oxygen atoms in total. The summed E-state index contributed by atoms with van der Waals surface area (Å²) in [7, 11) is 1.51. The normalized spacial score (nSPS) is 13.7. The summed E-state index contributed by atoms with van der Waals surface area (Å²) >= 11 is 2.17. The van der Waals surface area contributed by atoms with Crippen molar-refractivity contribution in [1.29, 1.82) is 0 Å². The summed E-state index contributed by atoms with van der Waals surface area (Å²) < 4.78 is 6.24. The third kappa shape index (κ3) is 4.99. The fourth-order valence-electron chi connectivity index (χ4n) is 1.80. The molecule has 19 heavy (non-hydrogen) atoms. The zero-order chi connectivity index (χ0) is 14.3. The van der Waals surface area contributed by atoms with Crippen LogP contribution in [-0.4, -0.2) is 24.4 Å². The number of halogens is 1. The van der Waals surface area contributed by atoms with E-state index in [2.05, 4.69) is 34.8 Å². The Kier molecular flexibility index (Phi) is 7.15. The molecule has 1 aromatic rings. The Morgan fingerprint density at radius 1 is 1.47 bits per heavy atom. The summed E-state index contributed by atoms with van der Waals surface area (Å²) in [5.41, 5.74) is 0.799. The maximum atomic E-state index is 11.4. The topological polar surface area (TPSA) is 58.6 Å². The molecular formula is C14H20INO3. The van der Waals surface area contributed by atoms with Crippen LogP contribution in [0.3, 0.4) is 0 Å². The summed E-state index contributed by atoms with van der Waals surface area (Å²) in [6.07, 6.45) is 0.726. The zero-order valence-corrected chi connectivity index (χ0v) is 13.4. The second-order valence-electron chi connectivity index (χ2n) is 4.30. The molecule has 0 unspecified atom stereocenters. The lowest BCUT2D eigenvalue weighted by Crippen LogP contribution is -2.30. The number of aliphatic hydroxyl groups is 1. The molecule has 2 atom stereocenters. The molecule has 0 saturated heterocycles. The first kappa shape index (κ1) is 16.2. The number of nitrogens with one attached hydrogen (secondary N) is 1. The molecule has 2 N–H and O–H groups in total. The molecule has 0 radical (unpaired) electrons. The van der Waals surface area contributed by atoms with Crippen LogP contribution in [0.4, 0.5) is 4.79 Å². The van der Waals surface area contributed by atoms with E-state index in [4.69, 9.17) is 4.74 Å². The van der Waals surface area contributed by atoms with Gasteiger partial charge in [0.05, 0.1) is 0 Å². The van der Waals surface area contributed by atoms with Gasteiger partial charge < -0.3 is 15.2 Å². The number of hydrogen-bond donors (Lipinski definition) is 2. The number of carbonyl (C=O) groups is 1. The molecule has 1 aromatic carbocycles. The predicted molar refractivity (Wildman–Crippen MR) is 83.0 cm³/mol. The first-order valence-electron chi connectivity index (χ1n) is 6.41. The minimum Gasteiger partial charge on any atom is -0.443 e. The SMILES string of the molecule is CCCC[C@H](OC(=O)NC)[C@@H](O)c1ccccc1I. The van der Waals surface area contributed by atoms with Gasteiger partial charge in [0.25, 0.3) is 0 Å². The van der Waals surface area contributed by atoms with E-state index in [1.165, 1.54) is 7.05 Å². The summed E-state index contributed by atoms with van der Waals surface area (Å²) in [6.45, 7) is 2.07. The van der Waals surface area contributed by atoms with Gasteiger partial charge in [-0.2, -0.15) is 0 Å². The van der Waals surface area contributed by atoms with Crippen molar-refractivity contribution < 1.29 is 14.6 Å². The lowest BCUT2D eigenvalue weighted by molar-refractivity contribution is -0.00354. The Labute approximate surface area is 127 Å². The van der Waals surface area contributed by atoms with Crippen molar-refractivity contribution >= 4 is 28.7 Å². The molecule has 0 heterocycles. The van der Waals surface area contributed by atoms with Crippen LogP contribution >= 0.6 is 22.6 Å². The van der Waals surface area contributed by atoms with Gasteiger partial charge in [-0.1, -0.05) is 31.5 Å². The molecule has 0 saturated carbocycles. The zero-order valence-electron chi connectivity index (χ0n) is 11.2. The first-order valence-corrected chi connectivity index (χ1v) is 7.48. The van der Waals surface area contributed by atoms with Crippen LogP contribution in [0.25, 0.3) is 0 Å². The quantitative estimate of drug-likeness (QED) is 0.749. The van der Waals surface area contributed by atoms with Crippen LogP contribution in [0.15, 0.2) is 24.3 Å². The molecule has 0 spiro atoms. The van der Waals surface area contributed by atoms with Crippen molar-refractivity contribution in [1.82, 2.24) is 5.32 Å². The van der Waals surface area contributed by atoms with E-state index in [1.807, 2.05) is 24.3 Å². The number of unbranched alkanes of at least 4 members (excludes halogenated alkanes) is 1. The molecule has 1 amide bonds. The number of amides is 1. The largest absolute Gasteiger partial charge is 0.443 e. The Balaban J connectivity index is 2.83. The molecule has 0 bridgehead atoms. The number of ether oxygens (including phenoxy) is 1. The van der Waals surface area contributed by atoms with Gasteiger partial charge in [0.15, 0.2) is 0 Å². The maximum absolute atomic E-state index is 11.4. The minimum absolute atomic E-state index is 0.508. The van der Waals surface area contributed by atoms with Gasteiger partial charge in [0, 0.05) is 10.6 Å². The third-order valence-corrected chi connectivity index (χ3v) is 3.86. The fraction of sp³-hybridized carbons (Fsp3) is 0.500. The number of carbonyl (C=O) groups excluding carboxylic acids is 1. The molecular weight excluding hydrogens is 357 g/mol. The van der Waals surface area contributed by atoms with Crippen molar-refractivity contribution in [2.75, 3.05) is 7.05 Å². The predicted octanol–water partition coefficient (Wildman–Crippen LogP) is 3.24. The highest BCUT2D eigenvalue weighted by Crippen LogP contribution is 2.27. The van der Waals surface area contributed by atoms with Crippen molar-refractivity contribution in [3.05, 3.63) is 33.4 Å². The van der Waals surface area contributed by atoms with E-state index in [9.17, 15) is 9.90 Å². The van der Waals surface area contributed by atoms with Crippen molar-refractivity contribution in [2.45, 2.75) is 38.4 Å². The smallest absolute Gasteiger partial charge is 0.407 e. The molecule has 0 aliphatic rings.